The van der Waals surface area contributed by atoms with E-state index in [1.807, 2.05) is 26.8 Å². The van der Waals surface area contributed by atoms with Gasteiger partial charge in [-0.3, -0.25) is 0 Å². The predicted molar refractivity (Wildman–Crippen MR) is 76.6 cm³/mol. The molecule has 0 radical (unpaired) electrons. The van der Waals surface area contributed by atoms with Crippen LogP contribution in [0.4, 0.5) is 0 Å². The van der Waals surface area contributed by atoms with E-state index in [4.69, 9.17) is 5.11 Å². The third-order valence-corrected chi connectivity index (χ3v) is 4.71. The van der Waals surface area contributed by atoms with E-state index in [9.17, 15) is 8.42 Å². The van der Waals surface area contributed by atoms with Gasteiger partial charge in [0.1, 0.15) is 0 Å². The molecule has 0 aliphatic rings. The maximum atomic E-state index is 12.2. The van der Waals surface area contributed by atoms with Crippen molar-refractivity contribution in [3.8, 4) is 0 Å². The first kappa shape index (κ1) is 16.1. The fourth-order valence-electron chi connectivity index (χ4n) is 1.86. The Morgan fingerprint density at radius 1 is 1.26 bits per heavy atom. The lowest BCUT2D eigenvalue weighted by molar-refractivity contribution is 0.213. The van der Waals surface area contributed by atoms with Crippen molar-refractivity contribution in [1.29, 1.82) is 0 Å². The van der Waals surface area contributed by atoms with Crippen LogP contribution < -0.4 is 4.72 Å². The Morgan fingerprint density at radius 3 is 2.42 bits per heavy atom. The quantitative estimate of drug-likeness (QED) is 0.840. The van der Waals surface area contributed by atoms with E-state index < -0.39 is 10.0 Å². The number of hydrogen-bond donors (Lipinski definition) is 2. The first-order valence-electron chi connectivity index (χ1n) is 6.36. The van der Waals surface area contributed by atoms with Crippen molar-refractivity contribution < 1.29 is 13.5 Å². The summed E-state index contributed by atoms with van der Waals surface area (Å²) in [6.07, 6.45) is 0.558. The van der Waals surface area contributed by atoms with Crippen LogP contribution >= 0.6 is 0 Å². The van der Waals surface area contributed by atoms with Gasteiger partial charge in [0, 0.05) is 13.2 Å². The Kier molecular flexibility index (Phi) is 5.12. The highest BCUT2D eigenvalue weighted by Gasteiger charge is 2.22. The average Bonchev–Trinajstić information content (AvgIpc) is 2.26. The summed E-state index contributed by atoms with van der Waals surface area (Å²) in [6, 6.07) is 5.28. The molecule has 2 N–H and O–H groups in total. The SMILES string of the molecule is Cc1ccc(S(=O)(=O)NCC(C)(C)CCO)c(C)c1. The van der Waals surface area contributed by atoms with Crippen LogP contribution in [0.25, 0.3) is 0 Å². The number of aliphatic hydroxyl groups excluding tert-OH is 1. The third kappa shape index (κ3) is 4.60. The zero-order valence-corrected chi connectivity index (χ0v) is 12.8. The minimum absolute atomic E-state index is 0.0539. The number of hydrogen-bond acceptors (Lipinski definition) is 3. The molecule has 1 rings (SSSR count). The van der Waals surface area contributed by atoms with E-state index in [0.29, 0.717) is 17.9 Å². The highest BCUT2D eigenvalue weighted by molar-refractivity contribution is 7.89. The highest BCUT2D eigenvalue weighted by atomic mass is 32.2. The van der Waals surface area contributed by atoms with E-state index in [-0.39, 0.29) is 12.0 Å². The number of nitrogens with one attached hydrogen (secondary N) is 1. The van der Waals surface area contributed by atoms with Gasteiger partial charge in [0.2, 0.25) is 10.0 Å². The number of aliphatic hydroxyl groups is 1. The van der Waals surface area contributed by atoms with E-state index in [2.05, 4.69) is 4.72 Å². The fraction of sp³-hybridized carbons (Fsp3) is 0.571. The molecule has 0 amide bonds. The largest absolute Gasteiger partial charge is 0.396 e. The van der Waals surface area contributed by atoms with Gasteiger partial charge in [0.05, 0.1) is 4.90 Å². The van der Waals surface area contributed by atoms with Crippen LogP contribution in [0.5, 0.6) is 0 Å². The number of benzene rings is 1. The molecule has 0 unspecified atom stereocenters. The molecule has 0 heterocycles. The number of rotatable bonds is 6. The molecule has 0 saturated carbocycles. The van der Waals surface area contributed by atoms with Crippen molar-refractivity contribution in [3.63, 3.8) is 0 Å². The van der Waals surface area contributed by atoms with Crippen LogP contribution in [0.2, 0.25) is 0 Å². The van der Waals surface area contributed by atoms with Crippen molar-refractivity contribution in [1.82, 2.24) is 4.72 Å². The fourth-order valence-corrected chi connectivity index (χ4v) is 3.33. The van der Waals surface area contributed by atoms with Crippen molar-refractivity contribution in [2.24, 2.45) is 5.41 Å². The van der Waals surface area contributed by atoms with Gasteiger partial charge < -0.3 is 5.11 Å². The van der Waals surface area contributed by atoms with Gasteiger partial charge in [0.15, 0.2) is 0 Å². The minimum atomic E-state index is -3.49. The Bertz CT molecular complexity index is 536. The summed E-state index contributed by atoms with van der Waals surface area (Å²) in [5.41, 5.74) is 1.52. The van der Waals surface area contributed by atoms with Crippen LogP contribution in [0.1, 0.15) is 31.4 Å². The zero-order chi connectivity index (χ0) is 14.7. The Hall–Kier alpha value is -0.910. The Balaban J connectivity index is 2.87. The summed E-state index contributed by atoms with van der Waals surface area (Å²) in [4.78, 5) is 0.317. The van der Waals surface area contributed by atoms with Gasteiger partial charge in [-0.2, -0.15) is 0 Å². The van der Waals surface area contributed by atoms with E-state index in [0.717, 1.165) is 11.1 Å². The van der Waals surface area contributed by atoms with E-state index in [1.54, 1.807) is 19.1 Å². The van der Waals surface area contributed by atoms with Crippen LogP contribution in [-0.2, 0) is 10.0 Å². The predicted octanol–water partition coefficient (Wildman–Crippen LogP) is 1.99. The molecule has 0 saturated heterocycles. The third-order valence-electron chi connectivity index (χ3n) is 3.15. The molecule has 4 nitrogen and oxygen atoms in total. The molecule has 0 aliphatic carbocycles. The van der Waals surface area contributed by atoms with Crippen molar-refractivity contribution in [3.05, 3.63) is 29.3 Å². The van der Waals surface area contributed by atoms with E-state index >= 15 is 0 Å². The maximum absolute atomic E-state index is 12.2. The summed E-state index contributed by atoms with van der Waals surface area (Å²) >= 11 is 0. The molecule has 0 atom stereocenters. The lowest BCUT2D eigenvalue weighted by Crippen LogP contribution is -2.34. The second-order valence-corrected chi connectivity index (χ2v) is 7.47. The molecule has 19 heavy (non-hydrogen) atoms. The van der Waals surface area contributed by atoms with Crippen LogP contribution in [-0.4, -0.2) is 26.7 Å². The first-order valence-corrected chi connectivity index (χ1v) is 7.84. The van der Waals surface area contributed by atoms with Crippen molar-refractivity contribution >= 4 is 10.0 Å². The smallest absolute Gasteiger partial charge is 0.240 e. The van der Waals surface area contributed by atoms with Gasteiger partial charge >= 0.3 is 0 Å². The molecule has 108 valence electrons. The van der Waals surface area contributed by atoms with Crippen molar-refractivity contribution in [2.75, 3.05) is 13.2 Å². The maximum Gasteiger partial charge on any atom is 0.240 e. The first-order chi connectivity index (χ1) is 8.68. The highest BCUT2D eigenvalue weighted by Crippen LogP contribution is 2.21. The van der Waals surface area contributed by atoms with Crippen LogP contribution in [0.3, 0.4) is 0 Å². The molecule has 5 heteroatoms. The summed E-state index contributed by atoms with van der Waals surface area (Å²) in [6.45, 7) is 7.94. The molecular weight excluding hydrogens is 262 g/mol. The number of sulfonamides is 1. The molecule has 1 aromatic carbocycles. The normalized spacial score (nSPS) is 12.7. The van der Waals surface area contributed by atoms with Gasteiger partial charge in [-0.05, 0) is 37.3 Å². The molecule has 0 spiro atoms. The zero-order valence-electron chi connectivity index (χ0n) is 12.0. The molecule has 0 aliphatic heterocycles. The molecule has 0 aromatic heterocycles. The van der Waals surface area contributed by atoms with Gasteiger partial charge in [-0.1, -0.05) is 31.5 Å². The van der Waals surface area contributed by atoms with Gasteiger partial charge in [-0.15, -0.1) is 0 Å². The molecule has 0 fully saturated rings. The van der Waals surface area contributed by atoms with Crippen LogP contribution in [0.15, 0.2) is 23.1 Å². The Morgan fingerprint density at radius 2 is 1.89 bits per heavy atom. The topological polar surface area (TPSA) is 66.4 Å². The average molecular weight is 285 g/mol. The monoisotopic (exact) mass is 285 g/mol. The lowest BCUT2D eigenvalue weighted by Gasteiger charge is -2.24. The lowest BCUT2D eigenvalue weighted by atomic mass is 9.90. The van der Waals surface area contributed by atoms with Gasteiger partial charge in [-0.25, -0.2) is 13.1 Å². The molecule has 1 aromatic rings. The summed E-state index contributed by atoms with van der Waals surface area (Å²) in [5.74, 6) is 0. The summed E-state index contributed by atoms with van der Waals surface area (Å²) in [5, 5.41) is 8.95. The molecular formula is C14H23NO3S. The summed E-state index contributed by atoms with van der Waals surface area (Å²) in [7, 11) is -3.49. The second-order valence-electron chi connectivity index (χ2n) is 5.73. The van der Waals surface area contributed by atoms with E-state index in [1.165, 1.54) is 0 Å². The molecule has 0 bridgehead atoms. The second kappa shape index (κ2) is 6.03. The minimum Gasteiger partial charge on any atom is -0.396 e. The van der Waals surface area contributed by atoms with Gasteiger partial charge in [0.25, 0.3) is 0 Å². The Labute approximate surface area is 115 Å². The van der Waals surface area contributed by atoms with Crippen LogP contribution in [0, 0.1) is 19.3 Å². The standard InChI is InChI=1S/C14H23NO3S/c1-11-5-6-13(12(2)9-11)19(17,18)15-10-14(3,4)7-8-16/h5-6,9,15-16H,7-8,10H2,1-4H3. The van der Waals surface area contributed by atoms with Crippen molar-refractivity contribution in [2.45, 2.75) is 39.0 Å². The number of aryl methyl sites for hydroxylation is 2. The summed E-state index contributed by atoms with van der Waals surface area (Å²) < 4.78 is 27.1.